The summed E-state index contributed by atoms with van der Waals surface area (Å²) in [6.45, 7) is 0.416. The van der Waals surface area contributed by atoms with Crippen molar-refractivity contribution in [3.63, 3.8) is 0 Å². The number of halogens is 1. The average Bonchev–Trinajstić information content (AvgIpc) is 3.19. The van der Waals surface area contributed by atoms with Gasteiger partial charge in [0, 0.05) is 17.0 Å². The van der Waals surface area contributed by atoms with E-state index in [1.165, 1.54) is 4.68 Å². The molecule has 7 nitrogen and oxygen atoms in total. The van der Waals surface area contributed by atoms with E-state index in [2.05, 4.69) is 16.5 Å². The fourth-order valence-corrected chi connectivity index (χ4v) is 3.73. The van der Waals surface area contributed by atoms with Crippen LogP contribution in [0.2, 0.25) is 5.02 Å². The number of para-hydroxylation sites is 1. The number of aromatic nitrogens is 2. The topological polar surface area (TPSA) is 108 Å². The van der Waals surface area contributed by atoms with Crippen LogP contribution in [0.15, 0.2) is 66.7 Å². The van der Waals surface area contributed by atoms with Gasteiger partial charge in [-0.25, -0.2) is 4.68 Å². The van der Waals surface area contributed by atoms with Gasteiger partial charge in [0.05, 0.1) is 23.2 Å². The Morgan fingerprint density at radius 1 is 1.06 bits per heavy atom. The second-order valence-electron chi connectivity index (χ2n) is 7.44. The molecule has 0 aliphatic heterocycles. The molecule has 4 rings (SSSR count). The Labute approximate surface area is 194 Å². The van der Waals surface area contributed by atoms with E-state index in [0.717, 1.165) is 5.56 Å². The van der Waals surface area contributed by atoms with Gasteiger partial charge in [0.1, 0.15) is 6.07 Å². The molecule has 2 N–H and O–H groups in total. The normalized spacial score (nSPS) is 10.7. The van der Waals surface area contributed by atoms with Gasteiger partial charge in [0.2, 0.25) is 0 Å². The van der Waals surface area contributed by atoms with Crippen LogP contribution in [-0.2, 0) is 17.6 Å². The molecule has 1 heterocycles. The molecule has 164 valence electrons. The van der Waals surface area contributed by atoms with E-state index in [9.17, 15) is 14.9 Å². The standard InChI is InChI=1S/C25H19ClN4O3/c26-19-9-6-16(7-10-19)11-12-28-25(33)24-20-3-1-2-4-21(20)30(29-24)22-13-17(14-23(31)32)5-8-18(22)15-27/h1-10,13H,11-12,14H2,(H,28,33)(H,31,32). The lowest BCUT2D eigenvalue weighted by Crippen LogP contribution is -2.26. The summed E-state index contributed by atoms with van der Waals surface area (Å²) < 4.78 is 1.52. The molecule has 0 fully saturated rings. The maximum absolute atomic E-state index is 13.0. The highest BCUT2D eigenvalue weighted by molar-refractivity contribution is 6.30. The molecule has 0 radical (unpaired) electrons. The van der Waals surface area contributed by atoms with Crippen molar-refractivity contribution in [2.45, 2.75) is 12.8 Å². The number of aliphatic carboxylic acids is 1. The number of carboxylic acid groups (broad SMARTS) is 1. The van der Waals surface area contributed by atoms with Gasteiger partial charge in [-0.15, -0.1) is 0 Å². The quantitative estimate of drug-likeness (QED) is 0.432. The number of carbonyl (C=O) groups is 2. The minimum Gasteiger partial charge on any atom is -0.481 e. The molecule has 0 spiro atoms. The molecular weight excluding hydrogens is 440 g/mol. The van der Waals surface area contributed by atoms with E-state index < -0.39 is 5.97 Å². The number of carbonyl (C=O) groups excluding carboxylic acids is 1. The second-order valence-corrected chi connectivity index (χ2v) is 7.88. The van der Waals surface area contributed by atoms with E-state index in [4.69, 9.17) is 16.7 Å². The van der Waals surface area contributed by atoms with Gasteiger partial charge < -0.3 is 10.4 Å². The molecule has 0 unspecified atom stereocenters. The van der Waals surface area contributed by atoms with Crippen molar-refractivity contribution in [3.8, 4) is 11.8 Å². The number of carboxylic acids is 1. The summed E-state index contributed by atoms with van der Waals surface area (Å²) in [6, 6.07) is 21.6. The molecule has 4 aromatic rings. The molecule has 1 amide bonds. The van der Waals surface area contributed by atoms with Crippen molar-refractivity contribution in [1.82, 2.24) is 15.1 Å². The largest absolute Gasteiger partial charge is 0.481 e. The average molecular weight is 459 g/mol. The van der Waals surface area contributed by atoms with Crippen LogP contribution in [0.5, 0.6) is 0 Å². The van der Waals surface area contributed by atoms with E-state index in [-0.39, 0.29) is 18.0 Å². The van der Waals surface area contributed by atoms with Crippen molar-refractivity contribution in [2.24, 2.45) is 0 Å². The Morgan fingerprint density at radius 2 is 1.79 bits per heavy atom. The van der Waals surface area contributed by atoms with Gasteiger partial charge in [-0.05, 0) is 47.9 Å². The lowest BCUT2D eigenvalue weighted by Gasteiger charge is -2.08. The number of nitrogens with zero attached hydrogens (tertiary/aromatic N) is 3. The molecule has 3 aromatic carbocycles. The number of nitriles is 1. The van der Waals surface area contributed by atoms with Crippen molar-refractivity contribution in [2.75, 3.05) is 6.54 Å². The van der Waals surface area contributed by atoms with Gasteiger partial charge in [0.25, 0.3) is 5.91 Å². The second kappa shape index (κ2) is 9.55. The summed E-state index contributed by atoms with van der Waals surface area (Å²) in [4.78, 5) is 24.1. The zero-order chi connectivity index (χ0) is 23.4. The van der Waals surface area contributed by atoms with Crippen LogP contribution in [0.25, 0.3) is 16.6 Å². The van der Waals surface area contributed by atoms with Gasteiger partial charge in [-0.2, -0.15) is 10.4 Å². The highest BCUT2D eigenvalue weighted by Gasteiger charge is 2.19. The van der Waals surface area contributed by atoms with Crippen molar-refractivity contribution < 1.29 is 14.7 Å². The summed E-state index contributed by atoms with van der Waals surface area (Å²) in [6.07, 6.45) is 0.452. The van der Waals surface area contributed by atoms with Crippen molar-refractivity contribution >= 4 is 34.4 Å². The summed E-state index contributed by atoms with van der Waals surface area (Å²) in [7, 11) is 0. The summed E-state index contributed by atoms with van der Waals surface area (Å²) in [5.41, 5.74) is 3.20. The van der Waals surface area contributed by atoms with Crippen LogP contribution in [-0.4, -0.2) is 33.3 Å². The number of benzene rings is 3. The Balaban J connectivity index is 1.66. The van der Waals surface area contributed by atoms with E-state index >= 15 is 0 Å². The maximum atomic E-state index is 13.0. The molecule has 0 aliphatic carbocycles. The van der Waals surface area contributed by atoms with Crippen LogP contribution in [0.4, 0.5) is 0 Å². The Morgan fingerprint density at radius 3 is 2.52 bits per heavy atom. The number of fused-ring (bicyclic) bond motifs is 1. The Kier molecular flexibility index (Phi) is 6.38. The fraction of sp³-hybridized carbons (Fsp3) is 0.120. The summed E-state index contributed by atoms with van der Waals surface area (Å²) in [5.74, 6) is -1.31. The molecule has 0 saturated heterocycles. The highest BCUT2D eigenvalue weighted by atomic mass is 35.5. The summed E-state index contributed by atoms with van der Waals surface area (Å²) in [5, 5.41) is 27.4. The SMILES string of the molecule is N#Cc1ccc(CC(=O)O)cc1-n1nc(C(=O)NCCc2ccc(Cl)cc2)c2ccccc21. The van der Waals surface area contributed by atoms with Gasteiger partial charge in [-0.3, -0.25) is 9.59 Å². The minimum atomic E-state index is -0.975. The first-order chi connectivity index (χ1) is 16.0. The summed E-state index contributed by atoms with van der Waals surface area (Å²) >= 11 is 5.91. The monoisotopic (exact) mass is 458 g/mol. The Hall–Kier alpha value is -4.15. The number of nitrogens with one attached hydrogen (secondary N) is 1. The number of rotatable bonds is 7. The molecule has 0 atom stereocenters. The van der Waals surface area contributed by atoms with Crippen molar-refractivity contribution in [1.29, 1.82) is 5.26 Å². The molecule has 33 heavy (non-hydrogen) atoms. The molecular formula is C25H19ClN4O3. The molecule has 0 bridgehead atoms. The fourth-order valence-electron chi connectivity index (χ4n) is 3.60. The van der Waals surface area contributed by atoms with Crippen LogP contribution in [0.1, 0.15) is 27.2 Å². The lowest BCUT2D eigenvalue weighted by atomic mass is 10.1. The first-order valence-corrected chi connectivity index (χ1v) is 10.6. The minimum absolute atomic E-state index is 0.185. The van der Waals surface area contributed by atoms with E-state index in [1.54, 1.807) is 42.5 Å². The van der Waals surface area contributed by atoms with Crippen LogP contribution >= 0.6 is 11.6 Å². The third kappa shape index (κ3) is 4.86. The number of hydrogen-bond donors (Lipinski definition) is 2. The van der Waals surface area contributed by atoms with Gasteiger partial charge >= 0.3 is 5.97 Å². The first-order valence-electron chi connectivity index (χ1n) is 10.2. The first kappa shape index (κ1) is 22.1. The lowest BCUT2D eigenvalue weighted by molar-refractivity contribution is -0.136. The van der Waals surface area contributed by atoms with Gasteiger partial charge in [-0.1, -0.05) is 48.0 Å². The third-order valence-corrected chi connectivity index (χ3v) is 5.43. The highest BCUT2D eigenvalue weighted by Crippen LogP contribution is 2.25. The predicted octanol–water partition coefficient (Wildman–Crippen LogP) is 4.15. The molecule has 8 heteroatoms. The van der Waals surface area contributed by atoms with E-state index in [1.807, 2.05) is 24.3 Å². The van der Waals surface area contributed by atoms with Crippen LogP contribution in [0.3, 0.4) is 0 Å². The van der Waals surface area contributed by atoms with Crippen LogP contribution in [0, 0.1) is 11.3 Å². The van der Waals surface area contributed by atoms with Crippen molar-refractivity contribution in [3.05, 3.63) is 94.1 Å². The smallest absolute Gasteiger partial charge is 0.307 e. The number of amides is 1. The Bertz CT molecular complexity index is 1390. The van der Waals surface area contributed by atoms with Gasteiger partial charge in [0.15, 0.2) is 5.69 Å². The van der Waals surface area contributed by atoms with E-state index in [0.29, 0.717) is 45.7 Å². The number of hydrogen-bond acceptors (Lipinski definition) is 4. The predicted molar refractivity (Wildman–Crippen MR) is 125 cm³/mol. The zero-order valence-electron chi connectivity index (χ0n) is 17.5. The maximum Gasteiger partial charge on any atom is 0.307 e. The molecule has 1 aromatic heterocycles. The zero-order valence-corrected chi connectivity index (χ0v) is 18.2. The van der Waals surface area contributed by atoms with Crippen LogP contribution < -0.4 is 5.32 Å². The molecule has 0 aliphatic rings. The molecule has 0 saturated carbocycles. The third-order valence-electron chi connectivity index (χ3n) is 5.18.